The van der Waals surface area contributed by atoms with E-state index in [2.05, 4.69) is 5.32 Å². The van der Waals surface area contributed by atoms with Gasteiger partial charge in [0.25, 0.3) is 5.91 Å². The Morgan fingerprint density at radius 3 is 2.21 bits per heavy atom. The topological polar surface area (TPSA) is 49.4 Å². The van der Waals surface area contributed by atoms with Crippen LogP contribution in [0.15, 0.2) is 24.3 Å². The minimum absolute atomic E-state index is 0.0451. The van der Waals surface area contributed by atoms with Crippen molar-refractivity contribution in [3.05, 3.63) is 34.9 Å². The molecule has 2 aliphatic rings. The molecule has 1 aliphatic heterocycles. The quantitative estimate of drug-likeness (QED) is 0.906. The minimum atomic E-state index is 0.0451. The Hall–Kier alpha value is -1.55. The van der Waals surface area contributed by atoms with E-state index in [-0.39, 0.29) is 23.8 Å². The Labute approximate surface area is 148 Å². The molecule has 130 valence electrons. The van der Waals surface area contributed by atoms with E-state index >= 15 is 0 Å². The SMILES string of the molecule is O=C(NC1CCN(C(=O)c2ccc(Cl)cc2)CC1)C1CCCCC1. The summed E-state index contributed by atoms with van der Waals surface area (Å²) >= 11 is 5.87. The second-order valence-corrected chi connectivity index (χ2v) is 7.35. The van der Waals surface area contributed by atoms with Crippen LogP contribution in [0, 0.1) is 5.92 Å². The molecule has 0 aromatic heterocycles. The maximum Gasteiger partial charge on any atom is 0.253 e. The molecule has 2 amide bonds. The Morgan fingerprint density at radius 2 is 1.58 bits per heavy atom. The summed E-state index contributed by atoms with van der Waals surface area (Å²) in [4.78, 5) is 26.7. The van der Waals surface area contributed by atoms with Crippen LogP contribution in [-0.4, -0.2) is 35.8 Å². The summed E-state index contributed by atoms with van der Waals surface area (Å²) in [5.41, 5.74) is 0.670. The van der Waals surface area contributed by atoms with E-state index in [4.69, 9.17) is 11.6 Å². The largest absolute Gasteiger partial charge is 0.353 e. The average Bonchev–Trinajstić information content (AvgIpc) is 2.63. The van der Waals surface area contributed by atoms with Gasteiger partial charge in [0, 0.05) is 35.6 Å². The highest BCUT2D eigenvalue weighted by Gasteiger charge is 2.27. The van der Waals surface area contributed by atoms with Crippen LogP contribution in [0.3, 0.4) is 0 Å². The molecule has 1 N–H and O–H groups in total. The summed E-state index contributed by atoms with van der Waals surface area (Å²) in [6, 6.07) is 7.22. The third-order valence-electron chi connectivity index (χ3n) is 5.20. The molecule has 24 heavy (non-hydrogen) atoms. The van der Waals surface area contributed by atoms with Gasteiger partial charge in [0.05, 0.1) is 0 Å². The first-order valence-corrected chi connectivity index (χ1v) is 9.36. The summed E-state index contributed by atoms with van der Waals surface area (Å²) in [6.07, 6.45) is 7.32. The molecule has 0 spiro atoms. The van der Waals surface area contributed by atoms with Crippen molar-refractivity contribution in [2.75, 3.05) is 13.1 Å². The molecule has 1 heterocycles. The molecule has 1 saturated carbocycles. The maximum absolute atomic E-state index is 12.5. The van der Waals surface area contributed by atoms with E-state index < -0.39 is 0 Å². The van der Waals surface area contributed by atoms with Crippen molar-refractivity contribution in [1.82, 2.24) is 10.2 Å². The van der Waals surface area contributed by atoms with E-state index in [9.17, 15) is 9.59 Å². The molecule has 0 unspecified atom stereocenters. The predicted molar refractivity (Wildman–Crippen MR) is 95.1 cm³/mol. The Morgan fingerprint density at radius 1 is 0.958 bits per heavy atom. The lowest BCUT2D eigenvalue weighted by Crippen LogP contribution is -2.48. The molecular formula is C19H25ClN2O2. The zero-order valence-corrected chi connectivity index (χ0v) is 14.7. The van der Waals surface area contributed by atoms with Gasteiger partial charge >= 0.3 is 0 Å². The predicted octanol–water partition coefficient (Wildman–Crippen LogP) is 3.64. The van der Waals surface area contributed by atoms with Crippen molar-refractivity contribution in [3.63, 3.8) is 0 Å². The molecule has 0 radical (unpaired) electrons. The molecule has 0 bridgehead atoms. The van der Waals surface area contributed by atoms with Crippen molar-refractivity contribution in [2.24, 2.45) is 5.92 Å². The maximum atomic E-state index is 12.5. The number of piperidine rings is 1. The number of benzene rings is 1. The number of carbonyl (C=O) groups excluding carboxylic acids is 2. The lowest BCUT2D eigenvalue weighted by Gasteiger charge is -2.33. The number of likely N-dealkylation sites (tertiary alicyclic amines) is 1. The van der Waals surface area contributed by atoms with Crippen LogP contribution < -0.4 is 5.32 Å². The van der Waals surface area contributed by atoms with Gasteiger partial charge in [0.2, 0.25) is 5.91 Å². The van der Waals surface area contributed by atoms with E-state index in [0.29, 0.717) is 23.7 Å². The van der Waals surface area contributed by atoms with Gasteiger partial charge in [-0.25, -0.2) is 0 Å². The number of nitrogens with zero attached hydrogens (tertiary/aromatic N) is 1. The number of nitrogens with one attached hydrogen (secondary N) is 1. The van der Waals surface area contributed by atoms with E-state index in [1.54, 1.807) is 24.3 Å². The van der Waals surface area contributed by atoms with Crippen LogP contribution in [0.2, 0.25) is 5.02 Å². The summed E-state index contributed by atoms with van der Waals surface area (Å²) in [7, 11) is 0. The third kappa shape index (κ3) is 4.29. The van der Waals surface area contributed by atoms with Crippen molar-refractivity contribution in [2.45, 2.75) is 51.0 Å². The Kier molecular flexibility index (Phi) is 5.77. The summed E-state index contributed by atoms with van der Waals surface area (Å²) < 4.78 is 0. The number of carbonyl (C=O) groups is 2. The van der Waals surface area contributed by atoms with Gasteiger partial charge in [-0.1, -0.05) is 30.9 Å². The molecule has 1 saturated heterocycles. The van der Waals surface area contributed by atoms with Gasteiger partial charge in [-0.3, -0.25) is 9.59 Å². The first-order chi connectivity index (χ1) is 11.6. The molecule has 1 aromatic rings. The van der Waals surface area contributed by atoms with E-state index in [0.717, 1.165) is 25.7 Å². The fraction of sp³-hybridized carbons (Fsp3) is 0.579. The van der Waals surface area contributed by atoms with Crippen LogP contribution in [-0.2, 0) is 4.79 Å². The molecule has 3 rings (SSSR count). The van der Waals surface area contributed by atoms with Crippen molar-refractivity contribution in [3.8, 4) is 0 Å². The molecule has 2 fully saturated rings. The summed E-state index contributed by atoms with van der Waals surface area (Å²) in [6.45, 7) is 1.38. The Balaban J connectivity index is 1.47. The molecule has 1 aliphatic carbocycles. The van der Waals surface area contributed by atoms with Crippen molar-refractivity contribution in [1.29, 1.82) is 0 Å². The fourth-order valence-corrected chi connectivity index (χ4v) is 3.81. The van der Waals surface area contributed by atoms with Crippen molar-refractivity contribution >= 4 is 23.4 Å². The number of rotatable bonds is 3. The zero-order chi connectivity index (χ0) is 16.9. The van der Waals surface area contributed by atoms with E-state index in [1.807, 2.05) is 4.90 Å². The smallest absolute Gasteiger partial charge is 0.253 e. The highest BCUT2D eigenvalue weighted by Crippen LogP contribution is 2.24. The van der Waals surface area contributed by atoms with Gasteiger partial charge in [-0.2, -0.15) is 0 Å². The molecule has 0 atom stereocenters. The van der Waals surface area contributed by atoms with Crippen LogP contribution in [0.5, 0.6) is 0 Å². The molecule has 4 nitrogen and oxygen atoms in total. The normalized spacial score (nSPS) is 20.0. The number of amides is 2. The van der Waals surface area contributed by atoms with Crippen LogP contribution >= 0.6 is 11.6 Å². The highest BCUT2D eigenvalue weighted by molar-refractivity contribution is 6.30. The van der Waals surface area contributed by atoms with Gasteiger partial charge < -0.3 is 10.2 Å². The van der Waals surface area contributed by atoms with Crippen LogP contribution in [0.1, 0.15) is 55.3 Å². The molecule has 1 aromatic carbocycles. The van der Waals surface area contributed by atoms with Gasteiger partial charge in [0.15, 0.2) is 0 Å². The number of hydrogen-bond donors (Lipinski definition) is 1. The number of halogens is 1. The second-order valence-electron chi connectivity index (χ2n) is 6.92. The standard InChI is InChI=1S/C19H25ClN2O2/c20-16-8-6-15(7-9-16)19(24)22-12-10-17(11-13-22)21-18(23)14-4-2-1-3-5-14/h6-9,14,17H,1-5,10-13H2,(H,21,23). The summed E-state index contributed by atoms with van der Waals surface area (Å²) in [5, 5.41) is 3.84. The summed E-state index contributed by atoms with van der Waals surface area (Å²) in [5.74, 6) is 0.466. The van der Waals surface area contributed by atoms with Crippen LogP contribution in [0.4, 0.5) is 0 Å². The first-order valence-electron chi connectivity index (χ1n) is 8.99. The van der Waals surface area contributed by atoms with Gasteiger partial charge in [-0.15, -0.1) is 0 Å². The third-order valence-corrected chi connectivity index (χ3v) is 5.45. The first kappa shape index (κ1) is 17.3. The van der Waals surface area contributed by atoms with Crippen molar-refractivity contribution < 1.29 is 9.59 Å². The Bertz CT molecular complexity index is 574. The zero-order valence-electron chi connectivity index (χ0n) is 14.0. The average molecular weight is 349 g/mol. The molecule has 5 heteroatoms. The lowest BCUT2D eigenvalue weighted by molar-refractivity contribution is -0.126. The van der Waals surface area contributed by atoms with E-state index in [1.165, 1.54) is 19.3 Å². The second kappa shape index (κ2) is 8.02. The lowest BCUT2D eigenvalue weighted by atomic mass is 9.88. The van der Waals surface area contributed by atoms with Crippen LogP contribution in [0.25, 0.3) is 0 Å². The fourth-order valence-electron chi connectivity index (χ4n) is 3.69. The molecular weight excluding hydrogens is 324 g/mol. The van der Waals surface area contributed by atoms with Gasteiger partial charge in [-0.05, 0) is 49.9 Å². The monoisotopic (exact) mass is 348 g/mol. The van der Waals surface area contributed by atoms with Gasteiger partial charge in [0.1, 0.15) is 0 Å². The minimum Gasteiger partial charge on any atom is -0.353 e. The number of hydrogen-bond acceptors (Lipinski definition) is 2. The highest BCUT2D eigenvalue weighted by atomic mass is 35.5.